The highest BCUT2D eigenvalue weighted by Gasteiger charge is 2.18. The van der Waals surface area contributed by atoms with Crippen molar-refractivity contribution in [2.75, 3.05) is 17.2 Å². The minimum atomic E-state index is -0.621. The minimum absolute atomic E-state index is 0.0614. The van der Waals surface area contributed by atoms with Crippen molar-refractivity contribution in [2.45, 2.75) is 13.8 Å². The fourth-order valence-electron chi connectivity index (χ4n) is 1.69. The summed E-state index contributed by atoms with van der Waals surface area (Å²) in [5, 5.41) is 16.5. The van der Waals surface area contributed by atoms with E-state index in [-0.39, 0.29) is 23.1 Å². The molecule has 8 heteroatoms. The Morgan fingerprint density at radius 3 is 2.81 bits per heavy atom. The Kier molecular flexibility index (Phi) is 4.27. The smallest absolute Gasteiger partial charge is 0.329 e. The molecule has 2 N–H and O–H groups in total. The van der Waals surface area contributed by atoms with Gasteiger partial charge in [-0.1, -0.05) is 6.07 Å². The maximum absolute atomic E-state index is 13.8. The van der Waals surface area contributed by atoms with Crippen LogP contribution in [0.15, 0.2) is 24.4 Å². The van der Waals surface area contributed by atoms with Gasteiger partial charge in [0.25, 0.3) is 0 Å². The molecule has 0 saturated heterocycles. The third kappa shape index (κ3) is 3.41. The molecule has 2 rings (SSSR count). The largest absolute Gasteiger partial charge is 0.354 e. The van der Waals surface area contributed by atoms with Gasteiger partial charge in [-0.05, 0) is 31.5 Å². The first-order chi connectivity index (χ1) is 10.0. The third-order valence-corrected chi connectivity index (χ3v) is 2.68. The van der Waals surface area contributed by atoms with Gasteiger partial charge in [0.15, 0.2) is 0 Å². The molecule has 0 bridgehead atoms. The van der Waals surface area contributed by atoms with Gasteiger partial charge in [-0.15, -0.1) is 0 Å². The van der Waals surface area contributed by atoms with Crippen molar-refractivity contribution < 1.29 is 9.31 Å². The van der Waals surface area contributed by atoms with E-state index >= 15 is 0 Å². The van der Waals surface area contributed by atoms with Crippen molar-refractivity contribution >= 4 is 23.1 Å². The highest BCUT2D eigenvalue weighted by molar-refractivity contribution is 5.66. The molecule has 0 aliphatic carbocycles. The molecule has 0 saturated carbocycles. The third-order valence-electron chi connectivity index (χ3n) is 2.68. The van der Waals surface area contributed by atoms with Gasteiger partial charge >= 0.3 is 5.69 Å². The summed E-state index contributed by atoms with van der Waals surface area (Å²) in [6, 6.07) is 4.54. The van der Waals surface area contributed by atoms with E-state index in [1.807, 2.05) is 6.92 Å². The predicted octanol–water partition coefficient (Wildman–Crippen LogP) is 3.01. The molecule has 0 aliphatic rings. The summed E-state index contributed by atoms with van der Waals surface area (Å²) in [7, 11) is 0. The Labute approximate surface area is 120 Å². The first kappa shape index (κ1) is 14.6. The predicted molar refractivity (Wildman–Crippen MR) is 77.3 cm³/mol. The Hall–Kier alpha value is -2.77. The molecule has 1 aromatic carbocycles. The molecule has 1 aromatic heterocycles. The van der Waals surface area contributed by atoms with Gasteiger partial charge in [0.2, 0.25) is 11.8 Å². The summed E-state index contributed by atoms with van der Waals surface area (Å²) < 4.78 is 13.8. The van der Waals surface area contributed by atoms with Crippen molar-refractivity contribution in [3.63, 3.8) is 0 Å². The van der Waals surface area contributed by atoms with Crippen molar-refractivity contribution in [1.29, 1.82) is 0 Å². The van der Waals surface area contributed by atoms with Gasteiger partial charge in [0.05, 0.1) is 10.6 Å². The van der Waals surface area contributed by atoms with Crippen LogP contribution in [0.5, 0.6) is 0 Å². The van der Waals surface area contributed by atoms with Crippen LogP contribution in [0.3, 0.4) is 0 Å². The maximum atomic E-state index is 13.8. The van der Waals surface area contributed by atoms with Crippen LogP contribution in [-0.2, 0) is 0 Å². The van der Waals surface area contributed by atoms with E-state index < -0.39 is 10.7 Å². The molecular formula is C13H14FN5O2. The van der Waals surface area contributed by atoms with Crippen LogP contribution in [0.2, 0.25) is 0 Å². The molecule has 0 aliphatic heterocycles. The maximum Gasteiger partial charge on any atom is 0.329 e. The van der Waals surface area contributed by atoms with Gasteiger partial charge in [-0.25, -0.2) is 9.37 Å². The fourth-order valence-corrected chi connectivity index (χ4v) is 1.69. The SMILES string of the molecule is CCNc1ncc([N+](=O)[O-])c(Nc2ccc(C)cc2F)n1. The Morgan fingerprint density at radius 2 is 2.19 bits per heavy atom. The molecule has 0 radical (unpaired) electrons. The second-order valence-electron chi connectivity index (χ2n) is 4.32. The first-order valence-corrected chi connectivity index (χ1v) is 6.29. The van der Waals surface area contributed by atoms with E-state index in [1.54, 1.807) is 13.0 Å². The van der Waals surface area contributed by atoms with Gasteiger partial charge < -0.3 is 10.6 Å². The van der Waals surface area contributed by atoms with Gasteiger partial charge in [0, 0.05) is 6.54 Å². The highest BCUT2D eigenvalue weighted by atomic mass is 19.1. The summed E-state index contributed by atoms with van der Waals surface area (Å²) in [4.78, 5) is 18.2. The Balaban J connectivity index is 2.40. The highest BCUT2D eigenvalue weighted by Crippen LogP contribution is 2.27. The van der Waals surface area contributed by atoms with E-state index in [2.05, 4.69) is 20.6 Å². The lowest BCUT2D eigenvalue weighted by Crippen LogP contribution is -2.07. The zero-order valence-electron chi connectivity index (χ0n) is 11.6. The lowest BCUT2D eigenvalue weighted by Gasteiger charge is -2.09. The van der Waals surface area contributed by atoms with E-state index in [4.69, 9.17) is 0 Å². The van der Waals surface area contributed by atoms with E-state index in [1.165, 1.54) is 12.1 Å². The molecule has 110 valence electrons. The number of halogens is 1. The molecular weight excluding hydrogens is 277 g/mol. The van der Waals surface area contributed by atoms with Gasteiger partial charge in [0.1, 0.15) is 12.0 Å². The summed E-state index contributed by atoms with van der Waals surface area (Å²) >= 11 is 0. The second-order valence-corrected chi connectivity index (χ2v) is 4.32. The van der Waals surface area contributed by atoms with Crippen LogP contribution >= 0.6 is 0 Å². The summed E-state index contributed by atoms with van der Waals surface area (Å²) in [5.74, 6) is -0.334. The topological polar surface area (TPSA) is 93.0 Å². The molecule has 2 aromatic rings. The first-order valence-electron chi connectivity index (χ1n) is 6.29. The molecule has 0 fully saturated rings. The monoisotopic (exact) mass is 291 g/mol. The Morgan fingerprint density at radius 1 is 1.43 bits per heavy atom. The lowest BCUT2D eigenvalue weighted by molar-refractivity contribution is -0.384. The number of nitrogens with zero attached hydrogens (tertiary/aromatic N) is 3. The van der Waals surface area contributed by atoms with E-state index in [0.29, 0.717) is 6.54 Å². The standard InChI is InChI=1S/C13H14FN5O2/c1-3-15-13-16-7-11(19(20)21)12(18-13)17-10-5-4-8(2)6-9(10)14/h4-7H,3H2,1-2H3,(H2,15,16,17,18). The minimum Gasteiger partial charge on any atom is -0.354 e. The molecule has 0 spiro atoms. The number of anilines is 3. The normalized spacial score (nSPS) is 10.2. The Bertz CT molecular complexity index is 678. The van der Waals surface area contributed by atoms with Crippen LogP contribution in [0, 0.1) is 22.9 Å². The van der Waals surface area contributed by atoms with Gasteiger partial charge in [-0.3, -0.25) is 10.1 Å². The van der Waals surface area contributed by atoms with Gasteiger partial charge in [-0.2, -0.15) is 4.98 Å². The zero-order valence-corrected chi connectivity index (χ0v) is 11.6. The molecule has 21 heavy (non-hydrogen) atoms. The van der Waals surface area contributed by atoms with E-state index in [0.717, 1.165) is 11.8 Å². The number of nitrogens with one attached hydrogen (secondary N) is 2. The van der Waals surface area contributed by atoms with Crippen molar-refractivity contribution in [3.05, 3.63) is 45.9 Å². The second kappa shape index (κ2) is 6.12. The summed E-state index contributed by atoms with van der Waals surface area (Å²) in [6.07, 6.45) is 1.08. The number of benzene rings is 1. The number of hydrogen-bond acceptors (Lipinski definition) is 6. The number of aryl methyl sites for hydroxylation is 1. The molecule has 0 amide bonds. The lowest BCUT2D eigenvalue weighted by atomic mass is 10.2. The average molecular weight is 291 g/mol. The fraction of sp³-hybridized carbons (Fsp3) is 0.231. The van der Waals surface area contributed by atoms with Crippen LogP contribution in [0.4, 0.5) is 27.5 Å². The van der Waals surface area contributed by atoms with Crippen LogP contribution < -0.4 is 10.6 Å². The number of nitro groups is 1. The average Bonchev–Trinajstić information content (AvgIpc) is 2.42. The van der Waals surface area contributed by atoms with Crippen LogP contribution in [0.25, 0.3) is 0 Å². The number of hydrogen-bond donors (Lipinski definition) is 2. The number of aromatic nitrogens is 2. The summed E-state index contributed by atoms with van der Waals surface area (Å²) in [6.45, 7) is 4.16. The van der Waals surface area contributed by atoms with Crippen LogP contribution in [-0.4, -0.2) is 21.4 Å². The molecule has 0 unspecified atom stereocenters. The summed E-state index contributed by atoms with van der Waals surface area (Å²) in [5.41, 5.74) is 0.546. The number of rotatable bonds is 5. The van der Waals surface area contributed by atoms with Crippen LogP contribution in [0.1, 0.15) is 12.5 Å². The van der Waals surface area contributed by atoms with Crippen molar-refractivity contribution in [3.8, 4) is 0 Å². The zero-order chi connectivity index (χ0) is 15.4. The van der Waals surface area contributed by atoms with Crippen molar-refractivity contribution in [2.24, 2.45) is 0 Å². The molecule has 0 atom stereocenters. The molecule has 1 heterocycles. The van der Waals surface area contributed by atoms with E-state index in [9.17, 15) is 14.5 Å². The van der Waals surface area contributed by atoms with Crippen molar-refractivity contribution in [1.82, 2.24) is 9.97 Å². The molecule has 7 nitrogen and oxygen atoms in total. The quantitative estimate of drug-likeness (QED) is 0.649.